The van der Waals surface area contributed by atoms with Crippen molar-refractivity contribution in [1.82, 2.24) is 4.90 Å². The molecule has 1 saturated heterocycles. The first-order chi connectivity index (χ1) is 9.02. The molecule has 0 bridgehead atoms. The largest absolute Gasteiger partial charge is 0.481 e. The van der Waals surface area contributed by atoms with Gasteiger partial charge in [0.25, 0.3) is 0 Å². The standard InChI is InChI=1S/C14H23NO4/c1-2-9-7-11(12(8-9)14(18)19)13(17)15-5-3-10(16)4-6-15/h9-12,16H,2-8H2,1H3,(H,18,19). The van der Waals surface area contributed by atoms with Gasteiger partial charge in [-0.3, -0.25) is 9.59 Å². The number of rotatable bonds is 3. The average Bonchev–Trinajstić information content (AvgIpc) is 2.83. The van der Waals surface area contributed by atoms with Crippen LogP contribution in [0, 0.1) is 17.8 Å². The molecule has 19 heavy (non-hydrogen) atoms. The third kappa shape index (κ3) is 3.08. The summed E-state index contributed by atoms with van der Waals surface area (Å²) in [6.45, 7) is 3.16. The molecule has 0 spiro atoms. The van der Waals surface area contributed by atoms with E-state index in [1.807, 2.05) is 6.92 Å². The summed E-state index contributed by atoms with van der Waals surface area (Å²) in [7, 11) is 0. The molecule has 1 saturated carbocycles. The number of aliphatic carboxylic acids is 1. The quantitative estimate of drug-likeness (QED) is 0.804. The van der Waals surface area contributed by atoms with Crippen LogP contribution in [0.15, 0.2) is 0 Å². The molecule has 2 fully saturated rings. The van der Waals surface area contributed by atoms with Crippen molar-refractivity contribution < 1.29 is 19.8 Å². The Labute approximate surface area is 113 Å². The molecule has 0 aromatic carbocycles. The van der Waals surface area contributed by atoms with Crippen LogP contribution in [0.2, 0.25) is 0 Å². The third-order valence-electron chi connectivity index (χ3n) is 4.65. The highest BCUT2D eigenvalue weighted by Gasteiger charge is 2.43. The monoisotopic (exact) mass is 269 g/mol. The smallest absolute Gasteiger partial charge is 0.307 e. The minimum Gasteiger partial charge on any atom is -0.481 e. The molecule has 108 valence electrons. The number of aliphatic hydroxyl groups is 1. The number of carbonyl (C=O) groups excluding carboxylic acids is 1. The fourth-order valence-electron chi connectivity index (χ4n) is 3.34. The number of carboxylic acid groups (broad SMARTS) is 1. The van der Waals surface area contributed by atoms with Gasteiger partial charge in [-0.15, -0.1) is 0 Å². The number of likely N-dealkylation sites (tertiary alicyclic amines) is 1. The molecule has 5 nitrogen and oxygen atoms in total. The first-order valence-electron chi connectivity index (χ1n) is 7.22. The molecular weight excluding hydrogens is 246 g/mol. The summed E-state index contributed by atoms with van der Waals surface area (Å²) in [6, 6.07) is 0. The summed E-state index contributed by atoms with van der Waals surface area (Å²) in [5, 5.41) is 18.7. The minimum atomic E-state index is -0.841. The van der Waals surface area contributed by atoms with Crippen LogP contribution in [0.4, 0.5) is 0 Å². The molecule has 2 rings (SSSR count). The molecule has 1 heterocycles. The average molecular weight is 269 g/mol. The first kappa shape index (κ1) is 14.3. The molecule has 0 aromatic heterocycles. The summed E-state index contributed by atoms with van der Waals surface area (Å²) >= 11 is 0. The molecule has 2 aliphatic rings. The highest BCUT2D eigenvalue weighted by molar-refractivity contribution is 5.85. The zero-order valence-corrected chi connectivity index (χ0v) is 11.4. The predicted octanol–water partition coefficient (Wildman–Crippen LogP) is 1.11. The lowest BCUT2D eigenvalue weighted by Crippen LogP contribution is -2.44. The molecule has 1 amide bonds. The molecule has 3 unspecified atom stereocenters. The van der Waals surface area contributed by atoms with Gasteiger partial charge in [-0.1, -0.05) is 13.3 Å². The van der Waals surface area contributed by atoms with Gasteiger partial charge in [-0.05, 0) is 31.6 Å². The Morgan fingerprint density at radius 1 is 1.16 bits per heavy atom. The fourth-order valence-corrected chi connectivity index (χ4v) is 3.34. The lowest BCUT2D eigenvalue weighted by atomic mass is 9.93. The number of piperidine rings is 1. The third-order valence-corrected chi connectivity index (χ3v) is 4.65. The molecule has 1 aliphatic heterocycles. The van der Waals surface area contributed by atoms with Gasteiger partial charge in [0.15, 0.2) is 0 Å². The van der Waals surface area contributed by atoms with Crippen molar-refractivity contribution in [2.24, 2.45) is 17.8 Å². The number of hydrogen-bond donors (Lipinski definition) is 2. The van der Waals surface area contributed by atoms with Crippen molar-refractivity contribution in [3.05, 3.63) is 0 Å². The van der Waals surface area contributed by atoms with Gasteiger partial charge in [0.2, 0.25) is 5.91 Å². The second-order valence-corrected chi connectivity index (χ2v) is 5.85. The first-order valence-corrected chi connectivity index (χ1v) is 7.22. The summed E-state index contributed by atoms with van der Waals surface area (Å²) in [4.78, 5) is 25.5. The number of amides is 1. The highest BCUT2D eigenvalue weighted by atomic mass is 16.4. The lowest BCUT2D eigenvalue weighted by Gasteiger charge is -2.32. The van der Waals surface area contributed by atoms with E-state index in [1.54, 1.807) is 4.90 Å². The zero-order valence-electron chi connectivity index (χ0n) is 11.4. The Hall–Kier alpha value is -1.10. The Morgan fingerprint density at radius 3 is 2.26 bits per heavy atom. The van der Waals surface area contributed by atoms with Gasteiger partial charge >= 0.3 is 5.97 Å². The van der Waals surface area contributed by atoms with Crippen LogP contribution in [0.25, 0.3) is 0 Å². The maximum atomic E-state index is 12.5. The number of hydrogen-bond acceptors (Lipinski definition) is 3. The van der Waals surface area contributed by atoms with E-state index in [4.69, 9.17) is 0 Å². The van der Waals surface area contributed by atoms with Gasteiger partial charge < -0.3 is 15.1 Å². The van der Waals surface area contributed by atoms with Crippen LogP contribution in [-0.4, -0.2) is 46.2 Å². The van der Waals surface area contributed by atoms with Crippen molar-refractivity contribution in [2.45, 2.75) is 45.1 Å². The van der Waals surface area contributed by atoms with Crippen molar-refractivity contribution in [3.63, 3.8) is 0 Å². The minimum absolute atomic E-state index is 0.0183. The van der Waals surface area contributed by atoms with E-state index in [-0.39, 0.29) is 17.9 Å². The van der Waals surface area contributed by atoms with Crippen LogP contribution < -0.4 is 0 Å². The van der Waals surface area contributed by atoms with Gasteiger partial charge in [0.05, 0.1) is 17.9 Å². The predicted molar refractivity (Wildman–Crippen MR) is 69.5 cm³/mol. The lowest BCUT2D eigenvalue weighted by molar-refractivity contribution is -0.149. The maximum absolute atomic E-state index is 12.5. The Kier molecular flexibility index (Phi) is 4.45. The summed E-state index contributed by atoms with van der Waals surface area (Å²) in [5.41, 5.74) is 0. The Bertz CT molecular complexity index is 349. The molecule has 3 atom stereocenters. The van der Waals surface area contributed by atoms with Gasteiger partial charge in [0.1, 0.15) is 0 Å². The summed E-state index contributed by atoms with van der Waals surface area (Å²) in [6.07, 6.45) is 3.16. The fraction of sp³-hybridized carbons (Fsp3) is 0.857. The molecular formula is C14H23NO4. The second-order valence-electron chi connectivity index (χ2n) is 5.85. The highest BCUT2D eigenvalue weighted by Crippen LogP contribution is 2.39. The van der Waals surface area contributed by atoms with Crippen molar-refractivity contribution in [3.8, 4) is 0 Å². The van der Waals surface area contributed by atoms with E-state index < -0.39 is 11.9 Å². The SMILES string of the molecule is CCC1CC(C(=O)O)C(C(=O)N2CCC(O)CC2)C1. The van der Waals surface area contributed by atoms with Crippen molar-refractivity contribution in [2.75, 3.05) is 13.1 Å². The summed E-state index contributed by atoms with van der Waals surface area (Å²) < 4.78 is 0. The van der Waals surface area contributed by atoms with E-state index in [0.29, 0.717) is 44.7 Å². The van der Waals surface area contributed by atoms with Gasteiger partial charge in [0, 0.05) is 13.1 Å². The topological polar surface area (TPSA) is 77.8 Å². The number of carboxylic acids is 1. The second kappa shape index (κ2) is 5.90. The normalized spacial score (nSPS) is 32.5. The Balaban J connectivity index is 2.02. The van der Waals surface area contributed by atoms with Crippen LogP contribution in [-0.2, 0) is 9.59 Å². The molecule has 5 heteroatoms. The summed E-state index contributed by atoms with van der Waals surface area (Å²) in [5.74, 6) is -1.39. The van der Waals surface area contributed by atoms with E-state index >= 15 is 0 Å². The maximum Gasteiger partial charge on any atom is 0.307 e. The molecule has 1 aliphatic carbocycles. The van der Waals surface area contributed by atoms with Crippen LogP contribution in [0.3, 0.4) is 0 Å². The molecule has 0 aromatic rings. The molecule has 0 radical (unpaired) electrons. The number of aliphatic hydroxyl groups excluding tert-OH is 1. The van der Waals surface area contributed by atoms with Gasteiger partial charge in [-0.25, -0.2) is 0 Å². The van der Waals surface area contributed by atoms with Crippen LogP contribution in [0.5, 0.6) is 0 Å². The van der Waals surface area contributed by atoms with E-state index in [1.165, 1.54) is 0 Å². The van der Waals surface area contributed by atoms with Gasteiger partial charge in [-0.2, -0.15) is 0 Å². The number of nitrogens with zero attached hydrogens (tertiary/aromatic N) is 1. The van der Waals surface area contributed by atoms with E-state index in [0.717, 1.165) is 6.42 Å². The van der Waals surface area contributed by atoms with E-state index in [9.17, 15) is 19.8 Å². The Morgan fingerprint density at radius 2 is 1.74 bits per heavy atom. The van der Waals surface area contributed by atoms with Crippen LogP contribution in [0.1, 0.15) is 39.0 Å². The number of carbonyl (C=O) groups is 2. The van der Waals surface area contributed by atoms with Crippen molar-refractivity contribution >= 4 is 11.9 Å². The van der Waals surface area contributed by atoms with E-state index in [2.05, 4.69) is 0 Å². The molecule has 2 N–H and O–H groups in total. The van der Waals surface area contributed by atoms with Crippen LogP contribution >= 0.6 is 0 Å². The van der Waals surface area contributed by atoms with Crippen molar-refractivity contribution in [1.29, 1.82) is 0 Å². The zero-order chi connectivity index (χ0) is 14.0.